The van der Waals surface area contributed by atoms with Crippen LogP contribution in [0.3, 0.4) is 0 Å². The van der Waals surface area contributed by atoms with Gasteiger partial charge in [0.1, 0.15) is 5.76 Å². The van der Waals surface area contributed by atoms with Gasteiger partial charge >= 0.3 is 0 Å². The Kier molecular flexibility index (Phi) is 1.86. The van der Waals surface area contributed by atoms with E-state index in [9.17, 15) is 0 Å². The van der Waals surface area contributed by atoms with Gasteiger partial charge in [-0.3, -0.25) is 0 Å². The summed E-state index contributed by atoms with van der Waals surface area (Å²) in [7, 11) is 0. The second-order valence-electron chi connectivity index (χ2n) is 4.40. The van der Waals surface area contributed by atoms with Gasteiger partial charge in [-0.2, -0.15) is 0 Å². The molecule has 0 spiro atoms. The number of furan rings is 1. The minimum Gasteiger partial charge on any atom is -0.463 e. The molecule has 18 heavy (non-hydrogen) atoms. The molecule has 2 heterocycles. The van der Waals surface area contributed by atoms with Crippen LogP contribution < -0.4 is 0 Å². The molecule has 0 fully saturated rings. The molecule has 2 heteroatoms. The molecule has 2 nitrogen and oxygen atoms in total. The zero-order chi connectivity index (χ0) is 11.9. The Labute approximate surface area is 104 Å². The third-order valence-corrected chi connectivity index (χ3v) is 3.34. The van der Waals surface area contributed by atoms with Crippen LogP contribution in [0.4, 0.5) is 0 Å². The lowest BCUT2D eigenvalue weighted by atomic mass is 10.1. The highest BCUT2D eigenvalue weighted by Crippen LogP contribution is 2.34. The van der Waals surface area contributed by atoms with E-state index >= 15 is 0 Å². The Balaban J connectivity index is 2.08. The van der Waals surface area contributed by atoms with Gasteiger partial charge in [0.15, 0.2) is 0 Å². The Morgan fingerprint density at radius 3 is 2.56 bits per heavy atom. The molecular weight excluding hydrogens is 222 g/mol. The molecule has 0 aliphatic heterocycles. The summed E-state index contributed by atoms with van der Waals surface area (Å²) in [5.74, 6) is 0.933. The highest BCUT2D eigenvalue weighted by Gasteiger charge is 2.12. The molecule has 0 radical (unpaired) electrons. The fourth-order valence-corrected chi connectivity index (χ4v) is 2.46. The third-order valence-electron chi connectivity index (χ3n) is 3.34. The van der Waals surface area contributed by atoms with Gasteiger partial charge in [0.05, 0.1) is 6.26 Å². The van der Waals surface area contributed by atoms with Crippen molar-refractivity contribution in [3.8, 4) is 11.3 Å². The summed E-state index contributed by atoms with van der Waals surface area (Å²) in [4.78, 5) is 3.28. The van der Waals surface area contributed by atoms with Gasteiger partial charge in [-0.1, -0.05) is 42.5 Å². The maximum Gasteiger partial charge on any atom is 0.143 e. The molecule has 0 aliphatic rings. The van der Waals surface area contributed by atoms with Crippen LogP contribution in [0.25, 0.3) is 33.0 Å². The molecule has 0 saturated carbocycles. The maximum absolute atomic E-state index is 5.75. The van der Waals surface area contributed by atoms with Crippen LogP contribution in [0.5, 0.6) is 0 Å². The quantitative estimate of drug-likeness (QED) is 0.512. The minimum atomic E-state index is 0.933. The molecule has 0 amide bonds. The number of hydrogen-bond donors (Lipinski definition) is 1. The van der Waals surface area contributed by atoms with Gasteiger partial charge in [-0.25, -0.2) is 0 Å². The number of hydrogen-bond acceptors (Lipinski definition) is 1. The zero-order valence-electron chi connectivity index (χ0n) is 9.68. The molecule has 2 aromatic carbocycles. The van der Waals surface area contributed by atoms with Gasteiger partial charge in [-0.15, -0.1) is 0 Å². The van der Waals surface area contributed by atoms with E-state index in [0.717, 1.165) is 27.6 Å². The van der Waals surface area contributed by atoms with Crippen molar-refractivity contribution in [1.82, 2.24) is 4.98 Å². The zero-order valence-corrected chi connectivity index (χ0v) is 9.68. The minimum absolute atomic E-state index is 0.933. The summed E-state index contributed by atoms with van der Waals surface area (Å²) in [6, 6.07) is 16.5. The molecular formula is C16H11NO. The van der Waals surface area contributed by atoms with E-state index in [1.165, 1.54) is 5.39 Å². The first-order valence-corrected chi connectivity index (χ1v) is 5.96. The monoisotopic (exact) mass is 233 g/mol. The number of benzene rings is 2. The van der Waals surface area contributed by atoms with Gasteiger partial charge in [0.25, 0.3) is 0 Å². The van der Waals surface area contributed by atoms with Crippen molar-refractivity contribution in [2.45, 2.75) is 0 Å². The van der Waals surface area contributed by atoms with E-state index in [1.807, 2.05) is 36.7 Å². The fraction of sp³-hybridized carbons (Fsp3) is 0. The maximum atomic E-state index is 5.75. The van der Waals surface area contributed by atoms with Crippen molar-refractivity contribution in [1.29, 1.82) is 0 Å². The first-order chi connectivity index (χ1) is 8.93. The molecule has 2 aromatic heterocycles. The van der Waals surface area contributed by atoms with Crippen LogP contribution >= 0.6 is 0 Å². The van der Waals surface area contributed by atoms with E-state index in [1.54, 1.807) is 0 Å². The van der Waals surface area contributed by atoms with Gasteiger partial charge < -0.3 is 9.40 Å². The van der Waals surface area contributed by atoms with Crippen LogP contribution in [0.2, 0.25) is 0 Å². The van der Waals surface area contributed by atoms with Crippen molar-refractivity contribution < 1.29 is 4.42 Å². The van der Waals surface area contributed by atoms with E-state index in [2.05, 4.69) is 29.2 Å². The van der Waals surface area contributed by atoms with Crippen molar-refractivity contribution in [2.24, 2.45) is 0 Å². The smallest absolute Gasteiger partial charge is 0.143 e. The van der Waals surface area contributed by atoms with E-state index in [4.69, 9.17) is 4.42 Å². The fourth-order valence-electron chi connectivity index (χ4n) is 2.46. The Bertz CT molecular complexity index is 766. The van der Waals surface area contributed by atoms with Crippen molar-refractivity contribution in [3.05, 3.63) is 61.0 Å². The van der Waals surface area contributed by atoms with E-state index < -0.39 is 0 Å². The second-order valence-corrected chi connectivity index (χ2v) is 4.40. The predicted molar refractivity (Wildman–Crippen MR) is 73.5 cm³/mol. The molecule has 86 valence electrons. The molecule has 0 saturated heterocycles. The highest BCUT2D eigenvalue weighted by atomic mass is 16.3. The number of nitrogens with one attached hydrogen (secondary N) is 1. The average molecular weight is 233 g/mol. The summed E-state index contributed by atoms with van der Waals surface area (Å²) >= 11 is 0. The summed E-state index contributed by atoms with van der Waals surface area (Å²) in [6.07, 6.45) is 3.82. The molecule has 1 N–H and O–H groups in total. The Morgan fingerprint density at radius 2 is 1.61 bits per heavy atom. The number of rotatable bonds is 1. The summed E-state index contributed by atoms with van der Waals surface area (Å²) < 4.78 is 5.75. The van der Waals surface area contributed by atoms with Crippen LogP contribution in [-0.4, -0.2) is 4.98 Å². The molecule has 4 aromatic rings. The van der Waals surface area contributed by atoms with E-state index in [-0.39, 0.29) is 0 Å². The summed E-state index contributed by atoms with van der Waals surface area (Å²) in [5, 5.41) is 3.48. The predicted octanol–water partition coefficient (Wildman–Crippen LogP) is 4.58. The van der Waals surface area contributed by atoms with Crippen molar-refractivity contribution in [3.63, 3.8) is 0 Å². The number of aromatic amines is 1. The third kappa shape index (κ3) is 1.23. The highest BCUT2D eigenvalue weighted by molar-refractivity contribution is 6.02. The normalized spacial score (nSPS) is 11.3. The molecule has 0 aliphatic carbocycles. The van der Waals surface area contributed by atoms with Crippen molar-refractivity contribution in [2.75, 3.05) is 0 Å². The number of H-pyrrole nitrogens is 1. The van der Waals surface area contributed by atoms with Crippen LogP contribution in [0.1, 0.15) is 0 Å². The molecule has 4 rings (SSSR count). The summed E-state index contributed by atoms with van der Waals surface area (Å²) in [5.41, 5.74) is 2.25. The van der Waals surface area contributed by atoms with Crippen LogP contribution in [0, 0.1) is 0 Å². The lowest BCUT2D eigenvalue weighted by Gasteiger charge is -1.96. The first kappa shape index (κ1) is 9.54. The lowest BCUT2D eigenvalue weighted by Crippen LogP contribution is -1.72. The molecule has 0 atom stereocenters. The Morgan fingerprint density at radius 1 is 0.833 bits per heavy atom. The Hall–Kier alpha value is -2.48. The number of para-hydroxylation sites is 1. The van der Waals surface area contributed by atoms with Crippen LogP contribution in [-0.2, 0) is 0 Å². The second kappa shape index (κ2) is 3.50. The van der Waals surface area contributed by atoms with E-state index in [0.29, 0.717) is 0 Å². The molecule has 0 bridgehead atoms. The average Bonchev–Trinajstić information content (AvgIpc) is 3.01. The number of fused-ring (bicyclic) bond motifs is 2. The standard InChI is InChI=1S/C16H11NO/c1-2-6-12-11(5-1)10-18-16(12)14-9-17-15-8-4-3-7-13(14)15/h1-10,17H. The van der Waals surface area contributed by atoms with Crippen LogP contribution in [0.15, 0.2) is 65.4 Å². The lowest BCUT2D eigenvalue weighted by molar-refractivity contribution is 0.588. The van der Waals surface area contributed by atoms with Gasteiger partial charge in [-0.05, 0) is 6.07 Å². The van der Waals surface area contributed by atoms with Gasteiger partial charge in [0.2, 0.25) is 0 Å². The number of aromatic nitrogens is 1. The van der Waals surface area contributed by atoms with Crippen molar-refractivity contribution >= 4 is 21.7 Å². The SMILES string of the molecule is c1ccc2c(-c3c[nH]c4ccccc34)occ2c1. The topological polar surface area (TPSA) is 28.9 Å². The largest absolute Gasteiger partial charge is 0.463 e. The first-order valence-electron chi connectivity index (χ1n) is 5.96. The summed E-state index contributed by atoms with van der Waals surface area (Å²) in [6.45, 7) is 0. The molecule has 0 unspecified atom stereocenters. The van der Waals surface area contributed by atoms with Gasteiger partial charge in [0, 0.05) is 33.4 Å².